The van der Waals surface area contributed by atoms with Gasteiger partial charge in [-0.2, -0.15) is 12.6 Å². The Balaban J connectivity index is 3.08. The van der Waals surface area contributed by atoms with Crippen LogP contribution < -0.4 is 0 Å². The molecule has 0 aromatic carbocycles. The molecule has 0 radical (unpaired) electrons. The maximum absolute atomic E-state index is 11.3. The van der Waals surface area contributed by atoms with Gasteiger partial charge in [-0.1, -0.05) is 58.3 Å². The number of hydrogen-bond acceptors (Lipinski definition) is 3. The van der Waals surface area contributed by atoms with Crippen LogP contribution in [0, 0.1) is 0 Å². The van der Waals surface area contributed by atoms with Gasteiger partial charge in [-0.3, -0.25) is 4.79 Å². The summed E-state index contributed by atoms with van der Waals surface area (Å²) in [4.78, 5) is 11.3. The molecule has 18 heavy (non-hydrogen) atoms. The molecule has 0 amide bonds. The third kappa shape index (κ3) is 13.9. The molecule has 0 aromatic heterocycles. The van der Waals surface area contributed by atoms with Crippen molar-refractivity contribution < 1.29 is 9.53 Å². The van der Waals surface area contributed by atoms with Gasteiger partial charge in [0.25, 0.3) is 0 Å². The molecule has 0 heterocycles. The third-order valence-corrected chi connectivity index (χ3v) is 3.37. The SMILES string of the molecule is CCCCCCCCCCCC(=O)OCCCS. The van der Waals surface area contributed by atoms with E-state index in [0.29, 0.717) is 13.0 Å². The van der Waals surface area contributed by atoms with Gasteiger partial charge < -0.3 is 4.74 Å². The van der Waals surface area contributed by atoms with Crippen molar-refractivity contribution in [2.45, 2.75) is 77.6 Å². The van der Waals surface area contributed by atoms with Crippen LogP contribution in [0.3, 0.4) is 0 Å². The summed E-state index contributed by atoms with van der Waals surface area (Å²) in [5.41, 5.74) is 0. The summed E-state index contributed by atoms with van der Waals surface area (Å²) in [6, 6.07) is 0. The van der Waals surface area contributed by atoms with E-state index in [0.717, 1.165) is 25.0 Å². The molecule has 0 N–H and O–H groups in total. The molecule has 108 valence electrons. The van der Waals surface area contributed by atoms with Gasteiger partial charge >= 0.3 is 5.97 Å². The van der Waals surface area contributed by atoms with Crippen LogP contribution in [-0.4, -0.2) is 18.3 Å². The summed E-state index contributed by atoms with van der Waals surface area (Å²) in [5, 5.41) is 0. The van der Waals surface area contributed by atoms with Gasteiger partial charge in [0.1, 0.15) is 0 Å². The second-order valence-electron chi connectivity index (χ2n) is 4.88. The van der Waals surface area contributed by atoms with Crippen LogP contribution in [0.25, 0.3) is 0 Å². The number of ether oxygens (including phenoxy) is 1. The number of thiol groups is 1. The number of esters is 1. The van der Waals surface area contributed by atoms with E-state index >= 15 is 0 Å². The highest BCUT2D eigenvalue weighted by molar-refractivity contribution is 7.80. The number of unbranched alkanes of at least 4 members (excludes halogenated alkanes) is 8. The fourth-order valence-corrected chi connectivity index (χ4v) is 2.03. The number of hydrogen-bond donors (Lipinski definition) is 1. The molecule has 0 aliphatic rings. The lowest BCUT2D eigenvalue weighted by atomic mass is 10.1. The zero-order chi connectivity index (χ0) is 13.5. The van der Waals surface area contributed by atoms with E-state index in [4.69, 9.17) is 4.74 Å². The first-order valence-electron chi connectivity index (χ1n) is 7.57. The van der Waals surface area contributed by atoms with E-state index in [-0.39, 0.29) is 5.97 Å². The van der Waals surface area contributed by atoms with Gasteiger partial charge in [0.2, 0.25) is 0 Å². The number of carbonyl (C=O) groups excluding carboxylic acids is 1. The first kappa shape index (κ1) is 17.8. The van der Waals surface area contributed by atoms with Gasteiger partial charge in [-0.05, 0) is 18.6 Å². The quantitative estimate of drug-likeness (QED) is 0.297. The zero-order valence-electron chi connectivity index (χ0n) is 12.0. The van der Waals surface area contributed by atoms with Crippen molar-refractivity contribution in [3.63, 3.8) is 0 Å². The van der Waals surface area contributed by atoms with Crippen molar-refractivity contribution in [2.24, 2.45) is 0 Å². The molecule has 3 heteroatoms. The molecule has 0 saturated heterocycles. The summed E-state index contributed by atoms with van der Waals surface area (Å²) in [6.07, 6.45) is 13.0. The van der Waals surface area contributed by atoms with Gasteiger partial charge in [-0.25, -0.2) is 0 Å². The molecule has 0 aromatic rings. The lowest BCUT2D eigenvalue weighted by molar-refractivity contribution is -0.143. The number of rotatable bonds is 13. The van der Waals surface area contributed by atoms with Gasteiger partial charge in [0.05, 0.1) is 6.61 Å². The lowest BCUT2D eigenvalue weighted by Gasteiger charge is -2.04. The topological polar surface area (TPSA) is 26.3 Å². The van der Waals surface area contributed by atoms with Crippen LogP contribution >= 0.6 is 12.6 Å². The predicted molar refractivity (Wildman–Crippen MR) is 81.3 cm³/mol. The van der Waals surface area contributed by atoms with Gasteiger partial charge in [-0.15, -0.1) is 0 Å². The molecule has 0 saturated carbocycles. The van der Waals surface area contributed by atoms with Crippen molar-refractivity contribution in [3.05, 3.63) is 0 Å². The Labute approximate surface area is 118 Å². The molecule has 0 bridgehead atoms. The normalized spacial score (nSPS) is 10.6. The highest BCUT2D eigenvalue weighted by atomic mass is 32.1. The molecular weight excluding hydrogens is 244 g/mol. The monoisotopic (exact) mass is 274 g/mol. The van der Waals surface area contributed by atoms with Crippen LogP contribution in [0.5, 0.6) is 0 Å². The summed E-state index contributed by atoms with van der Waals surface area (Å²) < 4.78 is 5.07. The Morgan fingerprint density at radius 1 is 0.889 bits per heavy atom. The summed E-state index contributed by atoms with van der Waals surface area (Å²) in [7, 11) is 0. The molecule has 0 aliphatic heterocycles. The van der Waals surface area contributed by atoms with Crippen molar-refractivity contribution in [2.75, 3.05) is 12.4 Å². The Bertz CT molecular complexity index is 183. The molecule has 0 atom stereocenters. The summed E-state index contributed by atoms with van der Waals surface area (Å²) in [5.74, 6) is 0.741. The second kappa shape index (κ2) is 14.9. The highest BCUT2D eigenvalue weighted by Gasteiger charge is 2.01. The molecule has 0 fully saturated rings. The Morgan fingerprint density at radius 3 is 2.00 bits per heavy atom. The van der Waals surface area contributed by atoms with E-state index in [9.17, 15) is 4.79 Å². The lowest BCUT2D eigenvalue weighted by Crippen LogP contribution is -2.05. The minimum absolute atomic E-state index is 0.0419. The van der Waals surface area contributed by atoms with Crippen LogP contribution in [0.4, 0.5) is 0 Å². The smallest absolute Gasteiger partial charge is 0.305 e. The predicted octanol–water partition coefficient (Wildman–Crippen LogP) is 4.77. The van der Waals surface area contributed by atoms with E-state index in [1.807, 2.05) is 0 Å². The Kier molecular flexibility index (Phi) is 14.7. The third-order valence-electron chi connectivity index (χ3n) is 3.05. The first-order valence-corrected chi connectivity index (χ1v) is 8.21. The minimum Gasteiger partial charge on any atom is -0.466 e. The molecule has 0 unspecified atom stereocenters. The summed E-state index contributed by atoms with van der Waals surface area (Å²) in [6.45, 7) is 2.77. The van der Waals surface area contributed by atoms with Crippen LogP contribution in [0.2, 0.25) is 0 Å². The van der Waals surface area contributed by atoms with Crippen LogP contribution in [0.15, 0.2) is 0 Å². The molecule has 0 aliphatic carbocycles. The summed E-state index contributed by atoms with van der Waals surface area (Å²) >= 11 is 4.07. The van der Waals surface area contributed by atoms with E-state index in [1.54, 1.807) is 0 Å². The van der Waals surface area contributed by atoms with E-state index in [1.165, 1.54) is 44.9 Å². The van der Waals surface area contributed by atoms with Crippen LogP contribution in [-0.2, 0) is 9.53 Å². The van der Waals surface area contributed by atoms with Crippen molar-refractivity contribution in [1.82, 2.24) is 0 Å². The fourth-order valence-electron chi connectivity index (χ4n) is 1.90. The second-order valence-corrected chi connectivity index (χ2v) is 5.32. The average Bonchev–Trinajstić information content (AvgIpc) is 2.37. The molecule has 0 rings (SSSR count). The Morgan fingerprint density at radius 2 is 1.44 bits per heavy atom. The van der Waals surface area contributed by atoms with Gasteiger partial charge in [0.15, 0.2) is 0 Å². The van der Waals surface area contributed by atoms with Crippen molar-refractivity contribution in [1.29, 1.82) is 0 Å². The Hall–Kier alpha value is -0.180. The zero-order valence-corrected chi connectivity index (χ0v) is 12.9. The average molecular weight is 274 g/mol. The first-order chi connectivity index (χ1) is 8.81. The number of carbonyl (C=O) groups is 1. The molecule has 0 spiro atoms. The molecule has 2 nitrogen and oxygen atoms in total. The van der Waals surface area contributed by atoms with E-state index in [2.05, 4.69) is 19.6 Å². The standard InChI is InChI=1S/C15H30O2S/c1-2-3-4-5-6-7-8-9-10-12-15(16)17-13-11-14-18/h18H,2-14H2,1H3. The molecular formula is C15H30O2S. The van der Waals surface area contributed by atoms with E-state index < -0.39 is 0 Å². The van der Waals surface area contributed by atoms with Gasteiger partial charge in [0, 0.05) is 6.42 Å². The van der Waals surface area contributed by atoms with Crippen molar-refractivity contribution >= 4 is 18.6 Å². The van der Waals surface area contributed by atoms with Crippen LogP contribution in [0.1, 0.15) is 77.6 Å². The highest BCUT2D eigenvalue weighted by Crippen LogP contribution is 2.10. The maximum Gasteiger partial charge on any atom is 0.305 e. The largest absolute Gasteiger partial charge is 0.466 e. The fraction of sp³-hybridized carbons (Fsp3) is 0.933. The van der Waals surface area contributed by atoms with Crippen molar-refractivity contribution in [3.8, 4) is 0 Å². The maximum atomic E-state index is 11.3. The minimum atomic E-state index is -0.0419.